The molecule has 0 spiro atoms. The van der Waals surface area contributed by atoms with E-state index in [1.165, 1.54) is 0 Å². The van der Waals surface area contributed by atoms with Crippen LogP contribution in [0.25, 0.3) is 33.2 Å². The number of carbonyl (C=O) groups excluding carboxylic acids is 2. The molecule has 1 aliphatic rings. The maximum atomic E-state index is 11.8. The summed E-state index contributed by atoms with van der Waals surface area (Å²) in [7, 11) is 0. The number of aromatic nitrogens is 2. The summed E-state index contributed by atoms with van der Waals surface area (Å²) in [6.07, 6.45) is 1.51. The number of amides is 3. The van der Waals surface area contributed by atoms with Gasteiger partial charge < -0.3 is 26.4 Å². The molecule has 184 valence electrons. The number of likely N-dealkylation sites (tertiary alicyclic amines) is 1. The maximum Gasteiger partial charge on any atom is 0.316 e. The minimum atomic E-state index is -0.647. The van der Waals surface area contributed by atoms with Crippen molar-refractivity contribution in [2.45, 2.75) is 12.8 Å². The molecule has 10 heteroatoms. The minimum absolute atomic E-state index is 0.174. The first-order valence-corrected chi connectivity index (χ1v) is 11.9. The van der Waals surface area contributed by atoms with E-state index < -0.39 is 6.03 Å². The van der Waals surface area contributed by atoms with Crippen molar-refractivity contribution in [1.29, 1.82) is 0 Å². The van der Waals surface area contributed by atoms with E-state index in [2.05, 4.69) is 15.5 Å². The number of halogens is 1. The third kappa shape index (κ3) is 4.65. The van der Waals surface area contributed by atoms with Gasteiger partial charge in [0.2, 0.25) is 5.91 Å². The summed E-state index contributed by atoms with van der Waals surface area (Å²) < 4.78 is 5.99. The SMILES string of the molecule is NC(=O)Nc1ccc(-c2ccc(-c3ccc(OCCN4CCCC4=O)c4[nH]nc(N)c34)cc2)c(Cl)c1. The molecule has 9 nitrogen and oxygen atoms in total. The number of nitrogen functional groups attached to an aromatic ring is 1. The largest absolute Gasteiger partial charge is 0.489 e. The van der Waals surface area contributed by atoms with E-state index in [0.29, 0.717) is 47.4 Å². The van der Waals surface area contributed by atoms with E-state index in [0.717, 1.165) is 40.6 Å². The van der Waals surface area contributed by atoms with E-state index in [1.807, 2.05) is 47.4 Å². The topological polar surface area (TPSA) is 139 Å². The van der Waals surface area contributed by atoms with E-state index >= 15 is 0 Å². The second-order valence-corrected chi connectivity index (χ2v) is 8.97. The van der Waals surface area contributed by atoms with Gasteiger partial charge in [-0.3, -0.25) is 9.89 Å². The van der Waals surface area contributed by atoms with Crippen molar-refractivity contribution in [3.8, 4) is 28.0 Å². The lowest BCUT2D eigenvalue weighted by Crippen LogP contribution is -2.29. The predicted molar refractivity (Wildman–Crippen MR) is 141 cm³/mol. The van der Waals surface area contributed by atoms with Gasteiger partial charge in [0.15, 0.2) is 5.82 Å². The number of H-pyrrole nitrogens is 1. The Hall–Kier alpha value is -4.24. The summed E-state index contributed by atoms with van der Waals surface area (Å²) >= 11 is 6.44. The normalized spacial score (nSPS) is 13.4. The predicted octanol–water partition coefficient (Wildman–Crippen LogP) is 4.62. The molecule has 1 saturated heterocycles. The first-order valence-electron chi connectivity index (χ1n) is 11.5. The second kappa shape index (κ2) is 9.79. The standard InChI is InChI=1S/C26H25ClN6O3/c27-20-14-17(30-26(29)35)7-8-18(20)15-3-5-16(6-4-15)19-9-10-21(24-23(19)25(28)32-31-24)36-13-12-33-11-1-2-22(33)34/h3-10,14H,1-2,11-13H2,(H3,28,31,32)(H3,29,30,35). The Kier molecular flexibility index (Phi) is 6.39. The van der Waals surface area contributed by atoms with Crippen LogP contribution in [0.4, 0.5) is 16.3 Å². The van der Waals surface area contributed by atoms with Crippen LogP contribution in [0.2, 0.25) is 5.02 Å². The van der Waals surface area contributed by atoms with Gasteiger partial charge in [-0.05, 0) is 47.4 Å². The van der Waals surface area contributed by atoms with Crippen molar-refractivity contribution >= 4 is 45.9 Å². The maximum absolute atomic E-state index is 11.8. The number of anilines is 2. The molecule has 1 fully saturated rings. The number of benzene rings is 3. The van der Waals surface area contributed by atoms with Crippen LogP contribution in [0.15, 0.2) is 54.6 Å². The van der Waals surface area contributed by atoms with Crippen molar-refractivity contribution in [2.24, 2.45) is 5.73 Å². The Morgan fingerprint density at radius 1 is 1.11 bits per heavy atom. The summed E-state index contributed by atoms with van der Waals surface area (Å²) in [6.45, 7) is 1.72. The second-order valence-electron chi connectivity index (χ2n) is 8.56. The Morgan fingerprint density at radius 3 is 2.50 bits per heavy atom. The third-order valence-corrected chi connectivity index (χ3v) is 6.56. The molecule has 36 heavy (non-hydrogen) atoms. The lowest BCUT2D eigenvalue weighted by Gasteiger charge is -2.16. The van der Waals surface area contributed by atoms with E-state index in [4.69, 9.17) is 27.8 Å². The molecule has 3 aromatic carbocycles. The highest BCUT2D eigenvalue weighted by atomic mass is 35.5. The number of fused-ring (bicyclic) bond motifs is 1. The molecule has 3 amide bonds. The van der Waals surface area contributed by atoms with Crippen molar-refractivity contribution in [3.05, 3.63) is 59.6 Å². The van der Waals surface area contributed by atoms with Crippen LogP contribution in [0.1, 0.15) is 12.8 Å². The van der Waals surface area contributed by atoms with Gasteiger partial charge in [-0.1, -0.05) is 41.9 Å². The summed E-state index contributed by atoms with van der Waals surface area (Å²) in [5.74, 6) is 1.19. The molecule has 1 aromatic heterocycles. The zero-order valence-corrected chi connectivity index (χ0v) is 20.1. The smallest absolute Gasteiger partial charge is 0.316 e. The van der Waals surface area contributed by atoms with Crippen LogP contribution in [0, 0.1) is 0 Å². The summed E-state index contributed by atoms with van der Waals surface area (Å²) in [5.41, 5.74) is 16.2. The molecule has 0 aliphatic carbocycles. The molecular formula is C26H25ClN6O3. The fraction of sp³-hybridized carbons (Fsp3) is 0.192. The van der Waals surface area contributed by atoms with Gasteiger partial charge in [0, 0.05) is 24.2 Å². The molecule has 5 rings (SSSR count). The van der Waals surface area contributed by atoms with Crippen LogP contribution in [0.3, 0.4) is 0 Å². The molecule has 0 saturated carbocycles. The van der Waals surface area contributed by atoms with Gasteiger partial charge >= 0.3 is 6.03 Å². The first-order chi connectivity index (χ1) is 17.4. The van der Waals surface area contributed by atoms with Crippen LogP contribution in [-0.4, -0.2) is 46.7 Å². The molecule has 0 atom stereocenters. The average Bonchev–Trinajstić information content (AvgIpc) is 3.45. The van der Waals surface area contributed by atoms with Crippen LogP contribution >= 0.6 is 11.6 Å². The molecule has 0 unspecified atom stereocenters. The summed E-state index contributed by atoms with van der Waals surface area (Å²) in [5, 5.41) is 11.0. The lowest BCUT2D eigenvalue weighted by atomic mass is 9.97. The van der Waals surface area contributed by atoms with E-state index in [9.17, 15) is 9.59 Å². The van der Waals surface area contributed by atoms with E-state index in [-0.39, 0.29) is 5.91 Å². The Labute approximate surface area is 212 Å². The highest BCUT2D eigenvalue weighted by molar-refractivity contribution is 6.33. The number of urea groups is 1. The Bertz CT molecular complexity index is 1450. The van der Waals surface area contributed by atoms with Crippen molar-refractivity contribution < 1.29 is 14.3 Å². The molecular weight excluding hydrogens is 480 g/mol. The number of nitrogens with zero attached hydrogens (tertiary/aromatic N) is 2. The molecule has 0 radical (unpaired) electrons. The molecule has 4 aromatic rings. The van der Waals surface area contributed by atoms with Gasteiger partial charge in [-0.2, -0.15) is 5.10 Å². The van der Waals surface area contributed by atoms with Crippen LogP contribution in [0.5, 0.6) is 5.75 Å². The van der Waals surface area contributed by atoms with E-state index in [1.54, 1.807) is 12.1 Å². The zero-order chi connectivity index (χ0) is 25.2. The summed E-state index contributed by atoms with van der Waals surface area (Å²) in [4.78, 5) is 24.7. The number of rotatable bonds is 7. The number of carbonyl (C=O) groups is 2. The van der Waals surface area contributed by atoms with Crippen LogP contribution < -0.4 is 21.5 Å². The van der Waals surface area contributed by atoms with Gasteiger partial charge in [0.1, 0.15) is 17.9 Å². The number of ether oxygens (including phenoxy) is 1. The molecule has 2 heterocycles. The number of hydrogen-bond donors (Lipinski definition) is 4. The van der Waals surface area contributed by atoms with Crippen molar-refractivity contribution in [1.82, 2.24) is 15.1 Å². The third-order valence-electron chi connectivity index (χ3n) is 6.25. The first kappa shape index (κ1) is 23.5. The van der Waals surface area contributed by atoms with Gasteiger partial charge in [0.05, 0.1) is 17.0 Å². The van der Waals surface area contributed by atoms with Gasteiger partial charge in [-0.25, -0.2) is 4.79 Å². The van der Waals surface area contributed by atoms with Gasteiger partial charge in [-0.15, -0.1) is 0 Å². The monoisotopic (exact) mass is 504 g/mol. The lowest BCUT2D eigenvalue weighted by molar-refractivity contribution is -0.128. The Morgan fingerprint density at radius 2 is 1.83 bits per heavy atom. The number of hydrogen-bond acceptors (Lipinski definition) is 5. The minimum Gasteiger partial charge on any atom is -0.489 e. The molecule has 6 N–H and O–H groups in total. The zero-order valence-electron chi connectivity index (χ0n) is 19.4. The number of nitrogens with two attached hydrogens (primary N) is 2. The quantitative estimate of drug-likeness (QED) is 0.290. The highest BCUT2D eigenvalue weighted by Crippen LogP contribution is 2.38. The average molecular weight is 505 g/mol. The number of aromatic amines is 1. The fourth-order valence-corrected chi connectivity index (χ4v) is 4.79. The summed E-state index contributed by atoms with van der Waals surface area (Å²) in [6, 6.07) is 16.3. The van der Waals surface area contributed by atoms with Crippen LogP contribution in [-0.2, 0) is 4.79 Å². The van der Waals surface area contributed by atoms with Crippen molar-refractivity contribution in [2.75, 3.05) is 30.7 Å². The molecule has 0 bridgehead atoms. The highest BCUT2D eigenvalue weighted by Gasteiger charge is 2.20. The number of primary amides is 1. The fourth-order valence-electron chi connectivity index (χ4n) is 4.50. The molecule has 1 aliphatic heterocycles. The Balaban J connectivity index is 1.38. The van der Waals surface area contributed by atoms with Crippen molar-refractivity contribution in [3.63, 3.8) is 0 Å². The van der Waals surface area contributed by atoms with Gasteiger partial charge in [0.25, 0.3) is 0 Å². The number of nitrogens with one attached hydrogen (secondary N) is 2.